The number of carbonyl (C=O) groups excluding carboxylic acids is 1. The summed E-state index contributed by atoms with van der Waals surface area (Å²) in [4.78, 5) is 13.2. The largest absolute Gasteiger partial charge is 0.401 e. The number of rotatable bonds is 5. The highest BCUT2D eigenvalue weighted by Gasteiger charge is 2.34. The van der Waals surface area contributed by atoms with Crippen molar-refractivity contribution < 1.29 is 23.1 Å². The van der Waals surface area contributed by atoms with Gasteiger partial charge in [0.05, 0.1) is 13.1 Å². The predicted molar refractivity (Wildman–Crippen MR) is 83.4 cm³/mol. The standard InChI is InChI=1S/C16H22F3N3O2/c1-15(24,12-5-3-2-4-6-12)10-20-14(23)21-13-7-8-22(9-13)11-16(17,18)19/h2-6,13,24H,7-11H2,1H3,(H2,20,21,23). The molecule has 3 N–H and O–H groups in total. The van der Waals surface area contributed by atoms with Gasteiger partial charge in [-0.3, -0.25) is 4.90 Å². The van der Waals surface area contributed by atoms with Crippen LogP contribution in [0.2, 0.25) is 0 Å². The fraction of sp³-hybridized carbons (Fsp3) is 0.562. The van der Waals surface area contributed by atoms with Crippen LogP contribution in [0, 0.1) is 0 Å². The molecule has 0 radical (unpaired) electrons. The normalized spacial score (nSPS) is 21.3. The lowest BCUT2D eigenvalue weighted by Crippen LogP contribution is -2.47. The summed E-state index contributed by atoms with van der Waals surface area (Å²) in [5, 5.41) is 15.6. The highest BCUT2D eigenvalue weighted by atomic mass is 19.4. The van der Waals surface area contributed by atoms with Crippen molar-refractivity contribution in [1.82, 2.24) is 15.5 Å². The molecule has 2 amide bonds. The van der Waals surface area contributed by atoms with Crippen LogP contribution in [0.1, 0.15) is 18.9 Å². The molecular formula is C16H22F3N3O2. The number of hydrogen-bond acceptors (Lipinski definition) is 3. The van der Waals surface area contributed by atoms with E-state index in [0.717, 1.165) is 0 Å². The van der Waals surface area contributed by atoms with E-state index in [1.165, 1.54) is 4.90 Å². The Kier molecular flexibility index (Phi) is 5.71. The number of aliphatic hydroxyl groups is 1. The first-order chi connectivity index (χ1) is 11.2. The third kappa shape index (κ3) is 5.68. The molecule has 1 aromatic rings. The topological polar surface area (TPSA) is 64.6 Å². The molecule has 5 nitrogen and oxygen atoms in total. The van der Waals surface area contributed by atoms with E-state index < -0.39 is 24.4 Å². The zero-order valence-corrected chi connectivity index (χ0v) is 13.4. The van der Waals surface area contributed by atoms with Crippen molar-refractivity contribution in [1.29, 1.82) is 0 Å². The lowest BCUT2D eigenvalue weighted by molar-refractivity contribution is -0.143. The van der Waals surface area contributed by atoms with Crippen LogP contribution < -0.4 is 10.6 Å². The Morgan fingerprint density at radius 2 is 2.00 bits per heavy atom. The molecule has 2 unspecified atom stereocenters. The first-order valence-electron chi connectivity index (χ1n) is 7.77. The maximum atomic E-state index is 12.3. The Morgan fingerprint density at radius 1 is 1.33 bits per heavy atom. The molecule has 1 heterocycles. The van der Waals surface area contributed by atoms with Crippen LogP contribution in [0.4, 0.5) is 18.0 Å². The molecule has 2 atom stereocenters. The maximum absolute atomic E-state index is 12.3. The number of amides is 2. The number of halogens is 3. The van der Waals surface area contributed by atoms with Gasteiger partial charge in [-0.1, -0.05) is 30.3 Å². The van der Waals surface area contributed by atoms with E-state index in [4.69, 9.17) is 0 Å². The summed E-state index contributed by atoms with van der Waals surface area (Å²) in [6, 6.07) is 8.10. The third-order valence-electron chi connectivity index (χ3n) is 4.00. The quantitative estimate of drug-likeness (QED) is 0.763. The van der Waals surface area contributed by atoms with Gasteiger partial charge < -0.3 is 15.7 Å². The van der Waals surface area contributed by atoms with Gasteiger partial charge in [0.25, 0.3) is 0 Å². The fourth-order valence-corrected chi connectivity index (χ4v) is 2.74. The Hall–Kier alpha value is -1.80. The molecule has 0 aromatic heterocycles. The molecule has 0 aliphatic carbocycles. The monoisotopic (exact) mass is 345 g/mol. The van der Waals surface area contributed by atoms with Gasteiger partial charge in [0.2, 0.25) is 0 Å². The summed E-state index contributed by atoms with van der Waals surface area (Å²) in [6.45, 7) is 1.09. The molecule has 1 saturated heterocycles. The average molecular weight is 345 g/mol. The highest BCUT2D eigenvalue weighted by molar-refractivity contribution is 5.74. The van der Waals surface area contributed by atoms with Crippen LogP contribution in [0.3, 0.4) is 0 Å². The van der Waals surface area contributed by atoms with Crippen molar-refractivity contribution in [3.05, 3.63) is 35.9 Å². The van der Waals surface area contributed by atoms with Gasteiger partial charge in [0.15, 0.2) is 0 Å². The van der Waals surface area contributed by atoms with Crippen LogP contribution in [0.25, 0.3) is 0 Å². The Bertz CT molecular complexity index is 549. The van der Waals surface area contributed by atoms with Crippen LogP contribution >= 0.6 is 0 Å². The van der Waals surface area contributed by atoms with Gasteiger partial charge in [-0.2, -0.15) is 13.2 Å². The van der Waals surface area contributed by atoms with Crippen LogP contribution in [-0.4, -0.2) is 54.4 Å². The average Bonchev–Trinajstić information content (AvgIpc) is 2.91. The van der Waals surface area contributed by atoms with Gasteiger partial charge in [-0.15, -0.1) is 0 Å². The van der Waals surface area contributed by atoms with Gasteiger partial charge in [-0.05, 0) is 18.9 Å². The number of hydrogen-bond donors (Lipinski definition) is 3. The van der Waals surface area contributed by atoms with Crippen molar-refractivity contribution in [3.63, 3.8) is 0 Å². The minimum atomic E-state index is -4.23. The van der Waals surface area contributed by atoms with E-state index in [9.17, 15) is 23.1 Å². The molecule has 1 aromatic carbocycles. The molecule has 134 valence electrons. The van der Waals surface area contributed by atoms with Gasteiger partial charge in [0, 0.05) is 19.1 Å². The maximum Gasteiger partial charge on any atom is 0.401 e. The zero-order chi connectivity index (χ0) is 17.8. The summed E-state index contributed by atoms with van der Waals surface area (Å²) < 4.78 is 37.0. The molecule has 8 heteroatoms. The number of urea groups is 1. The smallest absolute Gasteiger partial charge is 0.384 e. The first kappa shape index (κ1) is 18.5. The molecule has 0 spiro atoms. The van der Waals surface area contributed by atoms with Crippen LogP contribution in [0.5, 0.6) is 0 Å². The predicted octanol–water partition coefficient (Wildman–Crippen LogP) is 1.83. The molecule has 24 heavy (non-hydrogen) atoms. The molecule has 0 saturated carbocycles. The Labute approximate surface area is 138 Å². The van der Waals surface area contributed by atoms with E-state index >= 15 is 0 Å². The third-order valence-corrected chi connectivity index (χ3v) is 4.00. The molecule has 1 aliphatic rings. The molecular weight excluding hydrogens is 323 g/mol. The zero-order valence-electron chi connectivity index (χ0n) is 13.4. The summed E-state index contributed by atoms with van der Waals surface area (Å²) in [5.41, 5.74) is -0.557. The minimum Gasteiger partial charge on any atom is -0.384 e. The number of nitrogens with one attached hydrogen (secondary N) is 2. The second-order valence-corrected chi connectivity index (χ2v) is 6.30. The molecule has 0 bridgehead atoms. The van der Waals surface area contributed by atoms with Crippen molar-refractivity contribution in [2.75, 3.05) is 26.2 Å². The van der Waals surface area contributed by atoms with E-state index in [-0.39, 0.29) is 19.1 Å². The van der Waals surface area contributed by atoms with Gasteiger partial charge >= 0.3 is 12.2 Å². The first-order valence-corrected chi connectivity index (χ1v) is 7.77. The van der Waals surface area contributed by atoms with Crippen molar-refractivity contribution in [3.8, 4) is 0 Å². The van der Waals surface area contributed by atoms with E-state index in [1.54, 1.807) is 31.2 Å². The van der Waals surface area contributed by atoms with Crippen molar-refractivity contribution in [2.45, 2.75) is 31.2 Å². The SMILES string of the molecule is CC(O)(CNC(=O)NC1CCN(CC(F)(F)F)C1)c1ccccc1. The van der Waals surface area contributed by atoms with E-state index in [2.05, 4.69) is 10.6 Å². The molecule has 1 aliphatic heterocycles. The summed E-state index contributed by atoms with van der Waals surface area (Å²) in [7, 11) is 0. The summed E-state index contributed by atoms with van der Waals surface area (Å²) >= 11 is 0. The Morgan fingerprint density at radius 3 is 2.62 bits per heavy atom. The van der Waals surface area contributed by atoms with Gasteiger partial charge in [-0.25, -0.2) is 4.79 Å². The number of likely N-dealkylation sites (tertiary alicyclic amines) is 1. The number of nitrogens with zero attached hydrogens (tertiary/aromatic N) is 1. The summed E-state index contributed by atoms with van der Waals surface area (Å²) in [6.07, 6.45) is -3.76. The number of benzene rings is 1. The minimum absolute atomic E-state index is 0.00182. The van der Waals surface area contributed by atoms with Crippen molar-refractivity contribution >= 4 is 6.03 Å². The number of carbonyl (C=O) groups is 1. The second-order valence-electron chi connectivity index (χ2n) is 6.30. The lowest BCUT2D eigenvalue weighted by atomic mass is 9.96. The molecule has 1 fully saturated rings. The summed E-state index contributed by atoms with van der Waals surface area (Å²) in [5.74, 6) is 0. The lowest BCUT2D eigenvalue weighted by Gasteiger charge is -2.25. The van der Waals surface area contributed by atoms with Crippen molar-refractivity contribution in [2.24, 2.45) is 0 Å². The number of alkyl halides is 3. The fourth-order valence-electron chi connectivity index (χ4n) is 2.74. The Balaban J connectivity index is 1.76. The molecule has 2 rings (SSSR count). The second kappa shape index (κ2) is 7.40. The van der Waals surface area contributed by atoms with Gasteiger partial charge in [0.1, 0.15) is 5.60 Å². The van der Waals surface area contributed by atoms with E-state index in [1.807, 2.05) is 6.07 Å². The highest BCUT2D eigenvalue weighted by Crippen LogP contribution is 2.20. The van der Waals surface area contributed by atoms with Crippen LogP contribution in [-0.2, 0) is 5.60 Å². The van der Waals surface area contributed by atoms with Crippen LogP contribution in [0.15, 0.2) is 30.3 Å². The van der Waals surface area contributed by atoms with E-state index in [0.29, 0.717) is 18.5 Å².